The Morgan fingerprint density at radius 3 is 2.56 bits per heavy atom. The average Bonchev–Trinajstić information content (AvgIpc) is 2.49. The van der Waals surface area contributed by atoms with Crippen molar-refractivity contribution in [3.8, 4) is 0 Å². The minimum Gasteiger partial charge on any atom is -0.477 e. The van der Waals surface area contributed by atoms with Crippen LogP contribution in [0.5, 0.6) is 0 Å². The van der Waals surface area contributed by atoms with Crippen LogP contribution in [0.25, 0.3) is 0 Å². The first-order valence-electron chi connectivity index (χ1n) is 7.50. The third-order valence-electron chi connectivity index (χ3n) is 2.83. The number of carboxylic acids is 1. The number of carboxylic acid groups (broad SMARTS) is 1. The molecule has 0 radical (unpaired) electrons. The molecule has 4 N–H and O–H groups in total. The number of amides is 1. The summed E-state index contributed by atoms with van der Waals surface area (Å²) in [7, 11) is 0. The van der Waals surface area contributed by atoms with Crippen LogP contribution in [0.15, 0.2) is 23.9 Å². The first kappa shape index (κ1) is 20.4. The molecule has 0 fully saturated rings. The maximum Gasteiger partial charge on any atom is 0.407 e. The summed E-state index contributed by atoms with van der Waals surface area (Å²) in [4.78, 5) is 26.4. The van der Waals surface area contributed by atoms with Gasteiger partial charge in [0, 0.05) is 0 Å². The van der Waals surface area contributed by atoms with Crippen molar-refractivity contribution in [3.63, 3.8) is 0 Å². The summed E-state index contributed by atoms with van der Waals surface area (Å²) in [6.07, 6.45) is -0.928. The number of aliphatic carboxylic acids is 1. The van der Waals surface area contributed by atoms with Crippen molar-refractivity contribution in [2.24, 2.45) is 0 Å². The number of aliphatic hydroxyl groups is 1. The van der Waals surface area contributed by atoms with Crippen LogP contribution in [0.3, 0.4) is 0 Å². The molecular formula is C16H22FN3O5. The molecule has 8 nitrogen and oxygen atoms in total. The number of hydrogen-bond acceptors (Lipinski definition) is 6. The van der Waals surface area contributed by atoms with Gasteiger partial charge < -0.3 is 25.6 Å². The highest BCUT2D eigenvalue weighted by atomic mass is 19.1. The minimum absolute atomic E-state index is 0.00277. The van der Waals surface area contributed by atoms with Gasteiger partial charge in [-0.15, -0.1) is 0 Å². The van der Waals surface area contributed by atoms with Crippen molar-refractivity contribution in [2.45, 2.75) is 46.1 Å². The molecule has 1 heterocycles. The van der Waals surface area contributed by atoms with Gasteiger partial charge in [0.15, 0.2) is 6.23 Å². The summed E-state index contributed by atoms with van der Waals surface area (Å²) in [6.45, 7) is 6.30. The Morgan fingerprint density at radius 1 is 1.40 bits per heavy atom. The Kier molecular flexibility index (Phi) is 6.86. The average molecular weight is 355 g/mol. The van der Waals surface area contributed by atoms with E-state index >= 15 is 0 Å². The summed E-state index contributed by atoms with van der Waals surface area (Å²) in [5, 5.41) is 23.6. The second-order valence-corrected chi connectivity index (χ2v) is 6.07. The number of carbonyl (C=O) groups is 2. The number of carbonyl (C=O) groups excluding carboxylic acids is 1. The lowest BCUT2D eigenvalue weighted by molar-refractivity contribution is -0.133. The van der Waals surface area contributed by atoms with Crippen LogP contribution in [-0.4, -0.2) is 32.9 Å². The molecule has 1 aromatic heterocycles. The maximum absolute atomic E-state index is 13.8. The molecule has 0 aromatic carbocycles. The second-order valence-electron chi connectivity index (χ2n) is 6.07. The Morgan fingerprint density at radius 2 is 2.04 bits per heavy atom. The summed E-state index contributed by atoms with van der Waals surface area (Å²) in [5.74, 6) is -1.94. The molecule has 1 atom stereocenters. The lowest BCUT2D eigenvalue weighted by atomic mass is 10.2. The second kappa shape index (κ2) is 8.43. The molecule has 0 aliphatic rings. The van der Waals surface area contributed by atoms with E-state index in [0.29, 0.717) is 0 Å². The fourth-order valence-electron chi connectivity index (χ4n) is 1.74. The van der Waals surface area contributed by atoms with Crippen molar-refractivity contribution in [1.29, 1.82) is 0 Å². The van der Waals surface area contributed by atoms with E-state index in [4.69, 9.17) is 9.84 Å². The van der Waals surface area contributed by atoms with Crippen LogP contribution in [0.4, 0.5) is 9.18 Å². The van der Waals surface area contributed by atoms with Crippen molar-refractivity contribution < 1.29 is 28.9 Å². The number of ether oxygens (including phenoxy) is 1. The van der Waals surface area contributed by atoms with Gasteiger partial charge in [0.2, 0.25) is 0 Å². The number of aromatic nitrogens is 1. The molecule has 9 heteroatoms. The van der Waals surface area contributed by atoms with Crippen molar-refractivity contribution in [2.75, 3.05) is 0 Å². The van der Waals surface area contributed by atoms with Crippen molar-refractivity contribution in [3.05, 3.63) is 41.1 Å². The van der Waals surface area contributed by atoms with Gasteiger partial charge in [-0.1, -0.05) is 6.08 Å². The maximum atomic E-state index is 13.8. The largest absolute Gasteiger partial charge is 0.477 e. The summed E-state index contributed by atoms with van der Waals surface area (Å²) in [6, 6.07) is 2.27. The highest BCUT2D eigenvalue weighted by Gasteiger charge is 2.18. The van der Waals surface area contributed by atoms with E-state index < -0.39 is 29.7 Å². The monoisotopic (exact) mass is 355 g/mol. The fraction of sp³-hybridized carbons (Fsp3) is 0.438. The Balaban J connectivity index is 2.82. The van der Waals surface area contributed by atoms with E-state index in [2.05, 4.69) is 15.6 Å². The molecule has 0 bridgehead atoms. The Hall–Kier alpha value is -2.68. The van der Waals surface area contributed by atoms with Crippen molar-refractivity contribution >= 4 is 12.1 Å². The number of allylic oxidation sites excluding steroid dienone is 1. The molecule has 0 aliphatic carbocycles. The number of rotatable bonds is 6. The molecule has 138 valence electrons. The lowest BCUT2D eigenvalue weighted by Gasteiger charge is -2.20. The summed E-state index contributed by atoms with van der Waals surface area (Å²) in [5.41, 5.74) is -1.05. The van der Waals surface area contributed by atoms with Gasteiger partial charge in [-0.25, -0.2) is 19.0 Å². The molecule has 0 saturated heterocycles. The van der Waals surface area contributed by atoms with Crippen LogP contribution in [0.2, 0.25) is 0 Å². The van der Waals surface area contributed by atoms with Gasteiger partial charge in [-0.05, 0) is 39.8 Å². The highest BCUT2D eigenvalue weighted by molar-refractivity contribution is 5.85. The number of hydrogen-bond donors (Lipinski definition) is 4. The molecule has 25 heavy (non-hydrogen) atoms. The number of halogens is 1. The van der Waals surface area contributed by atoms with Gasteiger partial charge >= 0.3 is 12.1 Å². The number of pyridine rings is 1. The fourth-order valence-corrected chi connectivity index (χ4v) is 1.74. The van der Waals surface area contributed by atoms with Gasteiger partial charge in [-0.3, -0.25) is 0 Å². The van der Waals surface area contributed by atoms with Crippen LogP contribution < -0.4 is 10.6 Å². The highest BCUT2D eigenvalue weighted by Crippen LogP contribution is 2.13. The zero-order valence-corrected chi connectivity index (χ0v) is 14.5. The van der Waals surface area contributed by atoms with E-state index in [9.17, 15) is 19.1 Å². The predicted molar refractivity (Wildman–Crippen MR) is 86.8 cm³/mol. The topological polar surface area (TPSA) is 121 Å². The molecule has 1 rings (SSSR count). The molecule has 1 amide bonds. The first-order valence-corrected chi connectivity index (χ1v) is 7.50. The van der Waals surface area contributed by atoms with E-state index in [0.717, 1.165) is 6.07 Å². The molecule has 1 unspecified atom stereocenters. The smallest absolute Gasteiger partial charge is 0.407 e. The van der Waals surface area contributed by atoms with E-state index in [1.54, 1.807) is 20.8 Å². The van der Waals surface area contributed by atoms with Crippen LogP contribution in [-0.2, 0) is 16.1 Å². The van der Waals surface area contributed by atoms with Gasteiger partial charge in [0.1, 0.15) is 17.1 Å². The zero-order chi connectivity index (χ0) is 19.2. The molecule has 0 spiro atoms. The van der Waals surface area contributed by atoms with Gasteiger partial charge in [0.05, 0.1) is 17.9 Å². The Labute approximate surface area is 144 Å². The summed E-state index contributed by atoms with van der Waals surface area (Å²) < 4.78 is 18.9. The Bertz CT molecular complexity index is 670. The van der Waals surface area contributed by atoms with Gasteiger partial charge in [0.25, 0.3) is 0 Å². The standard InChI is InChI=1S/C16H22FN3O5/c1-5-10(14(22)23)20-13(21)11-7-6-9(17)12(19-11)8-18-15(24)25-16(2,3)4/h5-7,13,20-21H,8H2,1-4H3,(H,18,24)(H,22,23)/b10-5+. The number of nitrogens with zero attached hydrogens (tertiary/aromatic N) is 1. The molecule has 0 aliphatic heterocycles. The third-order valence-corrected chi connectivity index (χ3v) is 2.83. The lowest BCUT2D eigenvalue weighted by Crippen LogP contribution is -2.32. The van der Waals surface area contributed by atoms with Gasteiger partial charge in [-0.2, -0.15) is 0 Å². The number of alkyl carbamates (subject to hydrolysis) is 1. The van der Waals surface area contributed by atoms with Crippen LogP contribution in [0.1, 0.15) is 45.3 Å². The molecular weight excluding hydrogens is 333 g/mol. The quantitative estimate of drug-likeness (QED) is 0.454. The third kappa shape index (κ3) is 6.76. The molecule has 1 aromatic rings. The van der Waals surface area contributed by atoms with Crippen LogP contribution in [0, 0.1) is 5.82 Å². The summed E-state index contributed by atoms with van der Waals surface area (Å²) >= 11 is 0. The predicted octanol–water partition coefficient (Wildman–Crippen LogP) is 1.81. The number of aliphatic hydroxyl groups excluding tert-OH is 1. The first-order chi connectivity index (χ1) is 11.5. The van der Waals surface area contributed by atoms with E-state index in [1.807, 2.05) is 0 Å². The SMILES string of the molecule is C/C=C(/NC(O)c1ccc(F)c(CNC(=O)OC(C)(C)C)n1)C(=O)O. The zero-order valence-electron chi connectivity index (χ0n) is 14.5. The molecule has 0 saturated carbocycles. The van der Waals surface area contributed by atoms with Crippen LogP contribution >= 0.6 is 0 Å². The van der Waals surface area contributed by atoms with E-state index in [-0.39, 0.29) is 23.6 Å². The minimum atomic E-state index is -1.46. The number of nitrogens with one attached hydrogen (secondary N) is 2. The normalized spacial score (nSPS) is 13.1. The van der Waals surface area contributed by atoms with E-state index in [1.165, 1.54) is 19.1 Å². The van der Waals surface area contributed by atoms with Crippen molar-refractivity contribution in [1.82, 2.24) is 15.6 Å².